The highest BCUT2D eigenvalue weighted by Crippen LogP contribution is 2.26. The fourth-order valence-electron chi connectivity index (χ4n) is 4.15. The predicted molar refractivity (Wildman–Crippen MR) is 109 cm³/mol. The van der Waals surface area contributed by atoms with E-state index >= 15 is 0 Å². The summed E-state index contributed by atoms with van der Waals surface area (Å²) in [6, 6.07) is 4.02. The molecule has 1 amide bonds. The van der Waals surface area contributed by atoms with Gasteiger partial charge >= 0.3 is 5.97 Å². The highest BCUT2D eigenvalue weighted by atomic mass is 19.1. The maximum atomic E-state index is 13.9. The number of carboxylic acids is 1. The molecule has 1 aliphatic rings. The smallest absolute Gasteiger partial charge is 0.309 e. The molecule has 9 heteroatoms. The Morgan fingerprint density at radius 2 is 2.10 bits per heavy atom. The summed E-state index contributed by atoms with van der Waals surface area (Å²) in [4.78, 5) is 26.7. The van der Waals surface area contributed by atoms with Gasteiger partial charge in [-0.1, -0.05) is 25.4 Å². The lowest BCUT2D eigenvalue weighted by atomic mass is 9.90. The molecule has 2 aromatic rings. The fraction of sp³-hybridized carbons (Fsp3) is 0.500. The zero-order valence-electron chi connectivity index (χ0n) is 17.6. The maximum Gasteiger partial charge on any atom is 0.309 e. The highest BCUT2D eigenvalue weighted by Gasteiger charge is 2.37. The summed E-state index contributed by atoms with van der Waals surface area (Å²) in [5.41, 5.74) is -0.117. The third kappa shape index (κ3) is 5.28. The number of carboxylic acid groups (broad SMARTS) is 1. The second-order valence-corrected chi connectivity index (χ2v) is 7.86. The minimum Gasteiger partial charge on any atom is -0.481 e. The Morgan fingerprint density at radius 1 is 1.32 bits per heavy atom. The molecule has 2 heterocycles. The number of aromatic nitrogens is 1. The number of hydrogen-bond acceptors (Lipinski definition) is 5. The molecule has 0 saturated carbocycles. The molecular formula is C22H27F2N3O4. The number of aliphatic carboxylic acids is 1. The lowest BCUT2D eigenvalue weighted by Crippen LogP contribution is -2.55. The van der Waals surface area contributed by atoms with Gasteiger partial charge < -0.3 is 14.9 Å². The first-order valence-electron chi connectivity index (χ1n) is 10.5. The van der Waals surface area contributed by atoms with E-state index in [2.05, 4.69) is 29.2 Å². The van der Waals surface area contributed by atoms with Crippen molar-refractivity contribution in [2.24, 2.45) is 5.92 Å². The average molecular weight is 435 g/mol. The van der Waals surface area contributed by atoms with Gasteiger partial charge in [-0.15, -0.1) is 0 Å². The number of nitrogens with zero attached hydrogens (tertiary/aromatic N) is 2. The zero-order chi connectivity index (χ0) is 22.5. The number of hydrogen-bond donors (Lipinski definition) is 2. The van der Waals surface area contributed by atoms with Crippen LogP contribution in [0.3, 0.4) is 0 Å². The van der Waals surface area contributed by atoms with E-state index in [9.17, 15) is 23.5 Å². The molecule has 2 N–H and O–H groups in total. The lowest BCUT2D eigenvalue weighted by Gasteiger charge is -2.40. The van der Waals surface area contributed by atoms with Gasteiger partial charge in [-0.05, 0) is 31.4 Å². The van der Waals surface area contributed by atoms with Crippen LogP contribution < -0.4 is 5.32 Å². The quantitative estimate of drug-likeness (QED) is 0.656. The van der Waals surface area contributed by atoms with Crippen molar-refractivity contribution in [3.05, 3.63) is 41.6 Å². The van der Waals surface area contributed by atoms with Gasteiger partial charge in [0.1, 0.15) is 11.6 Å². The Bertz CT molecular complexity index is 933. The van der Waals surface area contributed by atoms with Crippen molar-refractivity contribution in [1.82, 2.24) is 15.4 Å². The van der Waals surface area contributed by atoms with E-state index in [1.807, 2.05) is 0 Å². The average Bonchev–Trinajstić information content (AvgIpc) is 3.22. The second-order valence-electron chi connectivity index (χ2n) is 7.86. The molecule has 7 nitrogen and oxygen atoms in total. The SMILES string of the molecule is CCCC(CC)N1CCC(NC(=O)c2cc(-c3ccc(F)cc3F)on2)C(C(=O)O)C1. The van der Waals surface area contributed by atoms with Crippen LogP contribution in [-0.2, 0) is 4.79 Å². The largest absolute Gasteiger partial charge is 0.481 e. The van der Waals surface area contributed by atoms with E-state index in [4.69, 9.17) is 4.52 Å². The van der Waals surface area contributed by atoms with Crippen LogP contribution in [0, 0.1) is 17.6 Å². The van der Waals surface area contributed by atoms with Crippen LogP contribution in [0.4, 0.5) is 8.78 Å². The van der Waals surface area contributed by atoms with Crippen LogP contribution in [-0.4, -0.2) is 52.2 Å². The van der Waals surface area contributed by atoms with Crippen molar-refractivity contribution in [2.45, 2.75) is 51.6 Å². The van der Waals surface area contributed by atoms with Crippen LogP contribution in [0.1, 0.15) is 50.0 Å². The molecule has 168 valence electrons. The van der Waals surface area contributed by atoms with E-state index in [0.29, 0.717) is 31.6 Å². The number of halogens is 2. The number of nitrogens with one attached hydrogen (secondary N) is 1. The van der Waals surface area contributed by atoms with Crippen LogP contribution in [0.25, 0.3) is 11.3 Å². The second kappa shape index (κ2) is 10.00. The van der Waals surface area contributed by atoms with Gasteiger partial charge in [0.25, 0.3) is 5.91 Å². The van der Waals surface area contributed by atoms with Crippen molar-refractivity contribution >= 4 is 11.9 Å². The van der Waals surface area contributed by atoms with E-state index in [1.54, 1.807) is 0 Å². The standard InChI is InChI=1S/C22H27F2N3O4/c1-3-5-14(4-2)27-9-8-18(16(12-27)22(29)30)25-21(28)19-11-20(31-26-19)15-7-6-13(23)10-17(15)24/h6-7,10-11,14,16,18H,3-5,8-9,12H2,1-2H3,(H,25,28)(H,29,30). The van der Waals surface area contributed by atoms with E-state index in [0.717, 1.165) is 25.3 Å². The highest BCUT2D eigenvalue weighted by molar-refractivity contribution is 5.93. The summed E-state index contributed by atoms with van der Waals surface area (Å²) in [6.07, 6.45) is 3.47. The van der Waals surface area contributed by atoms with Crippen molar-refractivity contribution in [3.63, 3.8) is 0 Å². The Labute approximate surface area is 179 Å². The van der Waals surface area contributed by atoms with Gasteiger partial charge in [-0.2, -0.15) is 0 Å². The Hall–Kier alpha value is -2.81. The van der Waals surface area contributed by atoms with Crippen molar-refractivity contribution in [1.29, 1.82) is 0 Å². The molecule has 1 fully saturated rings. The van der Waals surface area contributed by atoms with Gasteiger partial charge in [0.15, 0.2) is 11.5 Å². The molecule has 3 rings (SSSR count). The summed E-state index contributed by atoms with van der Waals surface area (Å²) >= 11 is 0. The predicted octanol–water partition coefficient (Wildman–Crippen LogP) is 3.70. The molecule has 1 aromatic heterocycles. The monoisotopic (exact) mass is 435 g/mol. The van der Waals surface area contributed by atoms with Crippen LogP contribution in [0.2, 0.25) is 0 Å². The molecular weight excluding hydrogens is 408 g/mol. The number of piperidine rings is 1. The van der Waals surface area contributed by atoms with Crippen molar-refractivity contribution in [2.75, 3.05) is 13.1 Å². The summed E-state index contributed by atoms with van der Waals surface area (Å²) in [5.74, 6) is -3.88. The summed E-state index contributed by atoms with van der Waals surface area (Å²) < 4.78 is 32.1. The Morgan fingerprint density at radius 3 is 2.74 bits per heavy atom. The number of rotatable bonds is 8. The van der Waals surface area contributed by atoms with Gasteiger partial charge in [-0.25, -0.2) is 8.78 Å². The molecule has 0 bridgehead atoms. The van der Waals surface area contributed by atoms with E-state index in [-0.39, 0.29) is 17.0 Å². The number of carbonyl (C=O) groups is 2. The normalized spacial score (nSPS) is 20.4. The lowest BCUT2D eigenvalue weighted by molar-refractivity contribution is -0.145. The summed E-state index contributed by atoms with van der Waals surface area (Å²) in [5, 5.41) is 16.1. The van der Waals surface area contributed by atoms with E-state index < -0.39 is 35.5 Å². The maximum absolute atomic E-state index is 13.9. The molecule has 3 unspecified atom stereocenters. The summed E-state index contributed by atoms with van der Waals surface area (Å²) in [6.45, 7) is 5.26. The molecule has 0 spiro atoms. The Balaban J connectivity index is 1.70. The first-order chi connectivity index (χ1) is 14.8. The molecule has 31 heavy (non-hydrogen) atoms. The number of carbonyl (C=O) groups excluding carboxylic acids is 1. The number of amides is 1. The van der Waals surface area contributed by atoms with E-state index in [1.165, 1.54) is 12.1 Å². The van der Waals surface area contributed by atoms with Gasteiger partial charge in [0.2, 0.25) is 0 Å². The van der Waals surface area contributed by atoms with Gasteiger partial charge in [-0.3, -0.25) is 14.5 Å². The minimum atomic E-state index is -0.962. The number of benzene rings is 1. The first kappa shape index (κ1) is 22.9. The molecule has 1 aliphatic heterocycles. The van der Waals surface area contributed by atoms with Crippen LogP contribution in [0.5, 0.6) is 0 Å². The molecule has 0 radical (unpaired) electrons. The molecule has 1 saturated heterocycles. The number of likely N-dealkylation sites (tertiary alicyclic amines) is 1. The third-order valence-corrected chi connectivity index (χ3v) is 5.83. The van der Waals surface area contributed by atoms with Crippen molar-refractivity contribution in [3.8, 4) is 11.3 Å². The third-order valence-electron chi connectivity index (χ3n) is 5.83. The van der Waals surface area contributed by atoms with Crippen molar-refractivity contribution < 1.29 is 28.0 Å². The van der Waals surface area contributed by atoms with Crippen LogP contribution >= 0.6 is 0 Å². The molecule has 0 aliphatic carbocycles. The van der Waals surface area contributed by atoms with Gasteiger partial charge in [0, 0.05) is 37.3 Å². The fourth-order valence-corrected chi connectivity index (χ4v) is 4.15. The molecule has 3 atom stereocenters. The first-order valence-corrected chi connectivity index (χ1v) is 10.5. The zero-order valence-corrected chi connectivity index (χ0v) is 17.6. The van der Waals surface area contributed by atoms with Crippen LogP contribution in [0.15, 0.2) is 28.8 Å². The van der Waals surface area contributed by atoms with Gasteiger partial charge in [0.05, 0.1) is 11.5 Å². The minimum absolute atomic E-state index is 0.0161. The molecule has 1 aromatic carbocycles. The summed E-state index contributed by atoms with van der Waals surface area (Å²) in [7, 11) is 0. The topological polar surface area (TPSA) is 95.7 Å². The Kier molecular flexibility index (Phi) is 7.37.